The summed E-state index contributed by atoms with van der Waals surface area (Å²) < 4.78 is 12.9. The molecule has 0 spiro atoms. The molecule has 1 amide bonds. The van der Waals surface area contributed by atoms with Gasteiger partial charge in [0.1, 0.15) is 5.82 Å². The first kappa shape index (κ1) is 14.3. The third kappa shape index (κ3) is 2.74. The van der Waals surface area contributed by atoms with E-state index in [1.54, 1.807) is 12.1 Å². The second-order valence-electron chi connectivity index (χ2n) is 5.25. The Hall–Kier alpha value is -1.13. The van der Waals surface area contributed by atoms with Crippen molar-refractivity contribution >= 4 is 18.3 Å². The van der Waals surface area contributed by atoms with Crippen molar-refractivity contribution in [2.45, 2.75) is 30.7 Å². The van der Waals surface area contributed by atoms with Crippen molar-refractivity contribution in [3.8, 4) is 0 Å². The van der Waals surface area contributed by atoms with Crippen molar-refractivity contribution in [3.63, 3.8) is 0 Å². The maximum atomic E-state index is 12.9. The minimum atomic E-state index is -0.393. The molecule has 0 aromatic heterocycles. The Morgan fingerprint density at radius 2 is 2.00 bits per heavy atom. The van der Waals surface area contributed by atoms with E-state index in [1.165, 1.54) is 12.1 Å². The average molecular weight is 285 g/mol. The molecule has 1 aliphatic heterocycles. The zero-order chi connectivity index (χ0) is 12.6. The molecule has 3 nitrogen and oxygen atoms in total. The van der Waals surface area contributed by atoms with Crippen LogP contribution in [0.3, 0.4) is 0 Å². The molecule has 1 aromatic rings. The molecule has 2 N–H and O–H groups in total. The van der Waals surface area contributed by atoms with Crippen LogP contribution in [0.15, 0.2) is 24.3 Å². The lowest BCUT2D eigenvalue weighted by Gasteiger charge is -2.19. The Kier molecular flexibility index (Phi) is 4.11. The summed E-state index contributed by atoms with van der Waals surface area (Å²) in [7, 11) is 0. The Labute approximate surface area is 118 Å². The van der Waals surface area contributed by atoms with Gasteiger partial charge in [0.25, 0.3) is 0 Å². The lowest BCUT2D eigenvalue weighted by molar-refractivity contribution is -0.124. The smallest absolute Gasteiger partial charge is 0.230 e. The number of amides is 1. The standard InChI is InChI=1S/C14H17FN2O.ClH/c15-11-3-1-10(2-4-11)14(6-7-14)13(18)17-12-5-8-16-9-12;/h1-4,12,16H,5-9H2,(H,17,18);1H. The van der Waals surface area contributed by atoms with E-state index in [-0.39, 0.29) is 30.2 Å². The van der Waals surface area contributed by atoms with E-state index in [0.29, 0.717) is 0 Å². The fourth-order valence-corrected chi connectivity index (χ4v) is 2.64. The zero-order valence-electron chi connectivity index (χ0n) is 10.6. The van der Waals surface area contributed by atoms with E-state index in [2.05, 4.69) is 10.6 Å². The summed E-state index contributed by atoms with van der Waals surface area (Å²) in [5, 5.41) is 6.33. The van der Waals surface area contributed by atoms with Crippen molar-refractivity contribution < 1.29 is 9.18 Å². The number of carbonyl (C=O) groups is 1. The van der Waals surface area contributed by atoms with Gasteiger partial charge in [0.15, 0.2) is 0 Å². The van der Waals surface area contributed by atoms with Gasteiger partial charge >= 0.3 is 0 Å². The summed E-state index contributed by atoms with van der Waals surface area (Å²) in [5.41, 5.74) is 0.545. The number of hydrogen-bond donors (Lipinski definition) is 2. The van der Waals surface area contributed by atoms with Crippen molar-refractivity contribution in [2.24, 2.45) is 0 Å². The number of carbonyl (C=O) groups excluding carboxylic acids is 1. The van der Waals surface area contributed by atoms with E-state index in [4.69, 9.17) is 0 Å². The topological polar surface area (TPSA) is 41.1 Å². The molecule has 1 saturated heterocycles. The first-order chi connectivity index (χ1) is 8.71. The lowest BCUT2D eigenvalue weighted by atomic mass is 9.94. The number of halogens is 2. The molecular weight excluding hydrogens is 267 g/mol. The second-order valence-corrected chi connectivity index (χ2v) is 5.25. The summed E-state index contributed by atoms with van der Waals surface area (Å²) in [6.45, 7) is 1.82. The molecule has 104 valence electrons. The maximum Gasteiger partial charge on any atom is 0.230 e. The Morgan fingerprint density at radius 1 is 1.32 bits per heavy atom. The molecule has 0 radical (unpaired) electrons. The van der Waals surface area contributed by atoms with Crippen LogP contribution in [-0.4, -0.2) is 25.0 Å². The van der Waals surface area contributed by atoms with Crippen LogP contribution < -0.4 is 10.6 Å². The molecule has 1 unspecified atom stereocenters. The molecule has 2 aliphatic rings. The maximum absolute atomic E-state index is 12.9. The Bertz CT molecular complexity index is 453. The minimum absolute atomic E-state index is 0. The Balaban J connectivity index is 0.00000133. The Morgan fingerprint density at radius 3 is 2.53 bits per heavy atom. The van der Waals surface area contributed by atoms with E-state index >= 15 is 0 Å². The zero-order valence-corrected chi connectivity index (χ0v) is 11.4. The van der Waals surface area contributed by atoms with Gasteiger partial charge in [-0.15, -0.1) is 12.4 Å². The van der Waals surface area contributed by atoms with E-state index in [1.807, 2.05) is 0 Å². The second kappa shape index (κ2) is 5.47. The largest absolute Gasteiger partial charge is 0.351 e. The summed E-state index contributed by atoms with van der Waals surface area (Å²) >= 11 is 0. The summed E-state index contributed by atoms with van der Waals surface area (Å²) in [6.07, 6.45) is 2.72. The molecule has 2 fully saturated rings. The van der Waals surface area contributed by atoms with Gasteiger partial charge in [-0.05, 0) is 43.5 Å². The molecule has 1 aromatic carbocycles. The van der Waals surface area contributed by atoms with Gasteiger partial charge < -0.3 is 10.6 Å². The predicted octanol–water partition coefficient (Wildman–Crippen LogP) is 1.76. The molecule has 3 rings (SSSR count). The summed E-state index contributed by atoms with van der Waals surface area (Å²) in [6, 6.07) is 6.57. The van der Waals surface area contributed by atoms with Crippen LogP contribution in [0, 0.1) is 5.82 Å². The normalized spacial score (nSPS) is 23.5. The minimum Gasteiger partial charge on any atom is -0.351 e. The molecule has 1 atom stereocenters. The molecule has 1 aliphatic carbocycles. The summed E-state index contributed by atoms with van der Waals surface area (Å²) in [4.78, 5) is 12.3. The molecule has 1 saturated carbocycles. The number of rotatable bonds is 3. The first-order valence-corrected chi connectivity index (χ1v) is 6.48. The highest BCUT2D eigenvalue weighted by Crippen LogP contribution is 2.48. The molecule has 1 heterocycles. The fourth-order valence-electron chi connectivity index (χ4n) is 2.64. The third-order valence-corrected chi connectivity index (χ3v) is 3.98. The van der Waals surface area contributed by atoms with Crippen molar-refractivity contribution in [1.29, 1.82) is 0 Å². The van der Waals surface area contributed by atoms with E-state index < -0.39 is 5.41 Å². The fraction of sp³-hybridized carbons (Fsp3) is 0.500. The van der Waals surface area contributed by atoms with Crippen molar-refractivity contribution in [1.82, 2.24) is 10.6 Å². The molecule has 0 bridgehead atoms. The van der Waals surface area contributed by atoms with Crippen LogP contribution in [0.25, 0.3) is 0 Å². The summed E-state index contributed by atoms with van der Waals surface area (Å²) in [5.74, 6) is -0.155. The first-order valence-electron chi connectivity index (χ1n) is 6.48. The highest BCUT2D eigenvalue weighted by Gasteiger charge is 2.51. The highest BCUT2D eigenvalue weighted by molar-refractivity contribution is 5.91. The van der Waals surface area contributed by atoms with Crippen LogP contribution in [-0.2, 0) is 10.2 Å². The van der Waals surface area contributed by atoms with Gasteiger partial charge in [-0.25, -0.2) is 4.39 Å². The predicted molar refractivity (Wildman–Crippen MR) is 74.0 cm³/mol. The van der Waals surface area contributed by atoms with Crippen LogP contribution in [0.5, 0.6) is 0 Å². The molecule has 19 heavy (non-hydrogen) atoms. The third-order valence-electron chi connectivity index (χ3n) is 3.98. The highest BCUT2D eigenvalue weighted by atomic mass is 35.5. The van der Waals surface area contributed by atoms with Gasteiger partial charge in [0.05, 0.1) is 5.41 Å². The number of benzene rings is 1. The van der Waals surface area contributed by atoms with Gasteiger partial charge in [-0.1, -0.05) is 12.1 Å². The van der Waals surface area contributed by atoms with E-state index in [9.17, 15) is 9.18 Å². The van der Waals surface area contributed by atoms with Gasteiger partial charge in [-0.2, -0.15) is 0 Å². The van der Waals surface area contributed by atoms with Crippen LogP contribution >= 0.6 is 12.4 Å². The van der Waals surface area contributed by atoms with Crippen molar-refractivity contribution in [2.75, 3.05) is 13.1 Å². The van der Waals surface area contributed by atoms with Gasteiger partial charge in [0.2, 0.25) is 5.91 Å². The van der Waals surface area contributed by atoms with E-state index in [0.717, 1.165) is 37.9 Å². The van der Waals surface area contributed by atoms with Gasteiger partial charge in [0, 0.05) is 12.6 Å². The quantitative estimate of drug-likeness (QED) is 0.888. The number of hydrogen-bond acceptors (Lipinski definition) is 2. The van der Waals surface area contributed by atoms with Crippen LogP contribution in [0.2, 0.25) is 0 Å². The van der Waals surface area contributed by atoms with Gasteiger partial charge in [-0.3, -0.25) is 4.79 Å². The lowest BCUT2D eigenvalue weighted by Crippen LogP contribution is -2.42. The van der Waals surface area contributed by atoms with Crippen LogP contribution in [0.4, 0.5) is 4.39 Å². The molecule has 5 heteroatoms. The molecular formula is C14H18ClFN2O. The average Bonchev–Trinajstić information content (AvgIpc) is 3.03. The van der Waals surface area contributed by atoms with Crippen LogP contribution in [0.1, 0.15) is 24.8 Å². The van der Waals surface area contributed by atoms with Crippen molar-refractivity contribution in [3.05, 3.63) is 35.6 Å². The number of nitrogens with one attached hydrogen (secondary N) is 2. The SMILES string of the molecule is Cl.O=C(NC1CCNC1)C1(c2ccc(F)cc2)CC1. The monoisotopic (exact) mass is 284 g/mol.